The average Bonchev–Trinajstić information content (AvgIpc) is 1.92. The predicted molar refractivity (Wildman–Crippen MR) is 58.8 cm³/mol. The lowest BCUT2D eigenvalue weighted by atomic mass is 9.91. The number of hydrogen-bond donors (Lipinski definition) is 0. The van der Waals surface area contributed by atoms with Gasteiger partial charge in [0.2, 0.25) is 0 Å². The first-order chi connectivity index (χ1) is 6.08. The summed E-state index contributed by atoms with van der Waals surface area (Å²) in [5, 5.41) is 0. The van der Waals surface area contributed by atoms with E-state index in [1.807, 2.05) is 0 Å². The molecule has 1 heteroatoms. The third-order valence-electron chi connectivity index (χ3n) is 2.81. The Morgan fingerprint density at radius 1 is 1.08 bits per heavy atom. The molecule has 0 radical (unpaired) electrons. The monoisotopic (exact) mass is 183 g/mol. The summed E-state index contributed by atoms with van der Waals surface area (Å²) < 4.78 is 0. The van der Waals surface area contributed by atoms with Crippen LogP contribution in [-0.2, 0) is 0 Å². The molecule has 0 atom stereocenters. The zero-order valence-corrected chi connectivity index (χ0v) is 9.71. The van der Waals surface area contributed by atoms with Crippen LogP contribution in [0.3, 0.4) is 0 Å². The molecule has 1 aliphatic rings. The van der Waals surface area contributed by atoms with E-state index in [-0.39, 0.29) is 0 Å². The first kappa shape index (κ1) is 11.0. The summed E-state index contributed by atoms with van der Waals surface area (Å²) in [6, 6.07) is 0. The molecule has 78 valence electrons. The molecular weight excluding hydrogens is 158 g/mol. The Morgan fingerprint density at radius 3 is 2.15 bits per heavy atom. The number of hydrogen-bond acceptors (Lipinski definition) is 1. The van der Waals surface area contributed by atoms with Crippen LogP contribution in [0.1, 0.15) is 40.5 Å². The highest BCUT2D eigenvalue weighted by Gasteiger charge is 2.26. The standard InChI is InChI=1S/C12H25N/c1-10(2)5-6-12-8-13(9-12)7-11(3)4/h10-12H,5-9H2,1-4H3. The fourth-order valence-corrected chi connectivity index (χ4v) is 2.09. The molecule has 0 N–H and O–H groups in total. The second-order valence-electron chi connectivity index (χ2n) is 5.45. The molecule has 0 unspecified atom stereocenters. The maximum absolute atomic E-state index is 2.59. The van der Waals surface area contributed by atoms with Crippen molar-refractivity contribution >= 4 is 0 Å². The van der Waals surface area contributed by atoms with E-state index < -0.39 is 0 Å². The molecule has 13 heavy (non-hydrogen) atoms. The van der Waals surface area contributed by atoms with Gasteiger partial charge in [-0.2, -0.15) is 0 Å². The van der Waals surface area contributed by atoms with Gasteiger partial charge in [0.05, 0.1) is 0 Å². The molecule has 1 nitrogen and oxygen atoms in total. The molecule has 0 aliphatic carbocycles. The Hall–Kier alpha value is -0.0400. The molecule has 1 rings (SSSR count). The van der Waals surface area contributed by atoms with E-state index >= 15 is 0 Å². The molecular formula is C12H25N. The van der Waals surface area contributed by atoms with Crippen LogP contribution in [0.25, 0.3) is 0 Å². The van der Waals surface area contributed by atoms with Crippen molar-refractivity contribution in [1.29, 1.82) is 0 Å². The van der Waals surface area contributed by atoms with Crippen LogP contribution in [0.5, 0.6) is 0 Å². The maximum atomic E-state index is 2.59. The fourth-order valence-electron chi connectivity index (χ4n) is 2.09. The molecule has 1 saturated heterocycles. The average molecular weight is 183 g/mol. The van der Waals surface area contributed by atoms with Gasteiger partial charge in [-0.25, -0.2) is 0 Å². The predicted octanol–water partition coefficient (Wildman–Crippen LogP) is 3.01. The topological polar surface area (TPSA) is 3.24 Å². The van der Waals surface area contributed by atoms with E-state index in [0.29, 0.717) is 0 Å². The Morgan fingerprint density at radius 2 is 1.69 bits per heavy atom. The van der Waals surface area contributed by atoms with Crippen molar-refractivity contribution in [2.45, 2.75) is 40.5 Å². The van der Waals surface area contributed by atoms with Crippen molar-refractivity contribution < 1.29 is 0 Å². The van der Waals surface area contributed by atoms with Gasteiger partial charge in [-0.05, 0) is 24.2 Å². The lowest BCUT2D eigenvalue weighted by molar-refractivity contribution is 0.0780. The van der Waals surface area contributed by atoms with E-state index in [2.05, 4.69) is 32.6 Å². The minimum absolute atomic E-state index is 0.839. The second kappa shape index (κ2) is 4.99. The summed E-state index contributed by atoms with van der Waals surface area (Å²) in [5.74, 6) is 2.74. The highest BCUT2D eigenvalue weighted by Crippen LogP contribution is 2.23. The van der Waals surface area contributed by atoms with Crippen molar-refractivity contribution in [3.05, 3.63) is 0 Å². The number of rotatable bonds is 5. The third kappa shape index (κ3) is 4.12. The summed E-state index contributed by atoms with van der Waals surface area (Å²) in [4.78, 5) is 2.59. The minimum atomic E-state index is 0.839. The van der Waals surface area contributed by atoms with Crippen LogP contribution in [0.4, 0.5) is 0 Å². The van der Waals surface area contributed by atoms with Crippen LogP contribution in [0, 0.1) is 17.8 Å². The van der Waals surface area contributed by atoms with Gasteiger partial charge in [0.25, 0.3) is 0 Å². The minimum Gasteiger partial charge on any atom is -0.302 e. The Balaban J connectivity index is 1.98. The van der Waals surface area contributed by atoms with Gasteiger partial charge in [0.1, 0.15) is 0 Å². The Labute approximate surface area is 83.5 Å². The Bertz CT molecular complexity index is 134. The molecule has 0 saturated carbocycles. The van der Waals surface area contributed by atoms with E-state index in [1.54, 1.807) is 0 Å². The summed E-state index contributed by atoms with van der Waals surface area (Å²) in [5.41, 5.74) is 0. The number of likely N-dealkylation sites (tertiary alicyclic amines) is 1. The van der Waals surface area contributed by atoms with Crippen molar-refractivity contribution in [2.75, 3.05) is 19.6 Å². The normalized spacial score (nSPS) is 19.8. The molecule has 1 heterocycles. The van der Waals surface area contributed by atoms with Gasteiger partial charge >= 0.3 is 0 Å². The summed E-state index contributed by atoms with van der Waals surface area (Å²) in [7, 11) is 0. The van der Waals surface area contributed by atoms with E-state index in [0.717, 1.165) is 17.8 Å². The van der Waals surface area contributed by atoms with E-state index in [9.17, 15) is 0 Å². The first-order valence-corrected chi connectivity index (χ1v) is 5.80. The van der Waals surface area contributed by atoms with Crippen LogP contribution >= 0.6 is 0 Å². The first-order valence-electron chi connectivity index (χ1n) is 5.80. The zero-order valence-electron chi connectivity index (χ0n) is 9.71. The largest absolute Gasteiger partial charge is 0.302 e. The highest BCUT2D eigenvalue weighted by atomic mass is 15.2. The molecule has 0 spiro atoms. The van der Waals surface area contributed by atoms with Crippen molar-refractivity contribution in [1.82, 2.24) is 4.90 Å². The van der Waals surface area contributed by atoms with Gasteiger partial charge < -0.3 is 4.90 Å². The smallest absolute Gasteiger partial charge is 0.00221 e. The molecule has 1 fully saturated rings. The van der Waals surface area contributed by atoms with Crippen LogP contribution < -0.4 is 0 Å². The van der Waals surface area contributed by atoms with E-state index in [4.69, 9.17) is 0 Å². The lowest BCUT2D eigenvalue weighted by Crippen LogP contribution is -2.48. The highest BCUT2D eigenvalue weighted by molar-refractivity contribution is 4.80. The molecule has 0 aromatic heterocycles. The summed E-state index contributed by atoms with van der Waals surface area (Å²) in [6.07, 6.45) is 2.87. The van der Waals surface area contributed by atoms with Gasteiger partial charge in [-0.3, -0.25) is 0 Å². The maximum Gasteiger partial charge on any atom is 0.00221 e. The summed E-state index contributed by atoms with van der Waals surface area (Å²) in [6.45, 7) is 13.3. The van der Waals surface area contributed by atoms with Crippen molar-refractivity contribution in [3.63, 3.8) is 0 Å². The van der Waals surface area contributed by atoms with Gasteiger partial charge in [0.15, 0.2) is 0 Å². The van der Waals surface area contributed by atoms with E-state index in [1.165, 1.54) is 32.5 Å². The van der Waals surface area contributed by atoms with Gasteiger partial charge in [0, 0.05) is 19.6 Å². The van der Waals surface area contributed by atoms with Crippen LogP contribution in [0.2, 0.25) is 0 Å². The Kier molecular flexibility index (Phi) is 4.24. The van der Waals surface area contributed by atoms with Crippen LogP contribution in [-0.4, -0.2) is 24.5 Å². The van der Waals surface area contributed by atoms with Crippen molar-refractivity contribution in [3.8, 4) is 0 Å². The SMILES string of the molecule is CC(C)CCC1CN(CC(C)C)C1. The van der Waals surface area contributed by atoms with Gasteiger partial charge in [-0.15, -0.1) is 0 Å². The molecule has 0 aromatic rings. The molecule has 0 amide bonds. The quantitative estimate of drug-likeness (QED) is 0.633. The molecule has 0 aromatic carbocycles. The van der Waals surface area contributed by atoms with Crippen LogP contribution in [0.15, 0.2) is 0 Å². The van der Waals surface area contributed by atoms with Gasteiger partial charge in [-0.1, -0.05) is 34.1 Å². The van der Waals surface area contributed by atoms with Crippen molar-refractivity contribution in [2.24, 2.45) is 17.8 Å². The second-order valence-corrected chi connectivity index (χ2v) is 5.45. The fraction of sp³-hybridized carbons (Fsp3) is 1.00. The molecule has 1 aliphatic heterocycles. The lowest BCUT2D eigenvalue weighted by Gasteiger charge is -2.40. The molecule has 0 bridgehead atoms. The zero-order chi connectivity index (χ0) is 9.84. The third-order valence-corrected chi connectivity index (χ3v) is 2.81. The summed E-state index contributed by atoms with van der Waals surface area (Å²) >= 11 is 0. The number of nitrogens with zero attached hydrogens (tertiary/aromatic N) is 1.